The number of likely N-dealkylation sites (tertiary alicyclic amines) is 1. The lowest BCUT2D eigenvalue weighted by Crippen LogP contribution is -2.40. The van der Waals surface area contributed by atoms with Gasteiger partial charge in [-0.2, -0.15) is 0 Å². The lowest BCUT2D eigenvalue weighted by atomic mass is 9.97. The highest BCUT2D eigenvalue weighted by Gasteiger charge is 2.43. The molecule has 7 heteroatoms. The van der Waals surface area contributed by atoms with Crippen molar-refractivity contribution in [2.24, 2.45) is 5.92 Å². The smallest absolute Gasteiger partial charge is 0.282 e. The van der Waals surface area contributed by atoms with Crippen LogP contribution in [0.3, 0.4) is 0 Å². The second-order valence-electron chi connectivity index (χ2n) is 7.74. The van der Waals surface area contributed by atoms with Crippen LogP contribution in [0.15, 0.2) is 54.2 Å². The maximum absolute atomic E-state index is 13.5. The average Bonchev–Trinajstić information content (AvgIpc) is 3.05. The van der Waals surface area contributed by atoms with Gasteiger partial charge in [0.1, 0.15) is 17.3 Å². The predicted molar refractivity (Wildman–Crippen MR) is 115 cm³/mol. The molecule has 0 aliphatic carbocycles. The van der Waals surface area contributed by atoms with Gasteiger partial charge in [-0.05, 0) is 67.6 Å². The van der Waals surface area contributed by atoms with Gasteiger partial charge in [-0.1, -0.05) is 12.1 Å². The van der Waals surface area contributed by atoms with Crippen LogP contribution in [0.25, 0.3) is 5.57 Å². The molecule has 2 aromatic carbocycles. The Morgan fingerprint density at radius 3 is 2.42 bits per heavy atom. The van der Waals surface area contributed by atoms with E-state index in [9.17, 15) is 19.1 Å². The van der Waals surface area contributed by atoms with Crippen LogP contribution in [-0.2, 0) is 9.59 Å². The van der Waals surface area contributed by atoms with Gasteiger partial charge in [0.25, 0.3) is 11.8 Å². The first-order valence-corrected chi connectivity index (χ1v) is 10.5. The number of carbonyl (C=O) groups excluding carboxylic acids is 2. The molecule has 1 fully saturated rings. The van der Waals surface area contributed by atoms with Gasteiger partial charge in [-0.25, -0.2) is 9.29 Å². The fourth-order valence-electron chi connectivity index (χ4n) is 4.20. The number of carbonyl (C=O) groups is 2. The molecule has 2 aliphatic rings. The molecule has 0 radical (unpaired) electrons. The highest BCUT2D eigenvalue weighted by molar-refractivity contribution is 6.45. The summed E-state index contributed by atoms with van der Waals surface area (Å²) in [4.78, 5) is 30.0. The normalized spacial score (nSPS) is 19.4. The molecule has 162 valence electrons. The van der Waals surface area contributed by atoms with Crippen LogP contribution in [0.4, 0.5) is 10.1 Å². The molecule has 31 heavy (non-hydrogen) atoms. The second kappa shape index (κ2) is 8.89. The first kappa shape index (κ1) is 21.1. The lowest BCUT2D eigenvalue weighted by Gasteiger charge is -2.34. The molecule has 2 amide bonds. The molecular weight excluding hydrogens is 399 g/mol. The largest absolute Gasteiger partial charge is 0.494 e. The van der Waals surface area contributed by atoms with E-state index in [4.69, 9.17) is 4.74 Å². The van der Waals surface area contributed by atoms with Gasteiger partial charge in [0.15, 0.2) is 0 Å². The van der Waals surface area contributed by atoms with Gasteiger partial charge < -0.3 is 14.7 Å². The fourth-order valence-corrected chi connectivity index (χ4v) is 4.20. The molecule has 0 aromatic heterocycles. The Bertz CT molecular complexity index is 1000. The van der Waals surface area contributed by atoms with E-state index in [1.165, 1.54) is 24.3 Å². The number of rotatable bonds is 6. The summed E-state index contributed by atoms with van der Waals surface area (Å²) in [6, 6.07) is 12.4. The number of hydrogen-bond acceptors (Lipinski definition) is 5. The maximum atomic E-state index is 13.5. The van der Waals surface area contributed by atoms with Crippen molar-refractivity contribution < 1.29 is 23.8 Å². The third-order valence-corrected chi connectivity index (χ3v) is 5.69. The molecule has 2 aliphatic heterocycles. The van der Waals surface area contributed by atoms with E-state index in [0.29, 0.717) is 42.4 Å². The van der Waals surface area contributed by atoms with Crippen LogP contribution >= 0.6 is 0 Å². The van der Waals surface area contributed by atoms with E-state index >= 15 is 0 Å². The molecule has 2 heterocycles. The van der Waals surface area contributed by atoms with Crippen molar-refractivity contribution in [3.05, 3.63) is 65.6 Å². The molecule has 4 rings (SSSR count). The predicted octanol–water partition coefficient (Wildman–Crippen LogP) is 3.21. The molecule has 6 nitrogen and oxygen atoms in total. The van der Waals surface area contributed by atoms with E-state index < -0.39 is 17.6 Å². The summed E-state index contributed by atoms with van der Waals surface area (Å²) in [5.74, 6) is -0.574. The van der Waals surface area contributed by atoms with Crippen molar-refractivity contribution in [1.82, 2.24) is 4.90 Å². The number of anilines is 1. The number of amides is 2. The Kier molecular flexibility index (Phi) is 6.04. The minimum absolute atomic E-state index is 0.0282. The zero-order valence-electron chi connectivity index (χ0n) is 17.4. The van der Waals surface area contributed by atoms with Gasteiger partial charge in [0, 0.05) is 19.7 Å². The molecular formula is C24H25FN2O4. The van der Waals surface area contributed by atoms with E-state index in [1.54, 1.807) is 24.3 Å². The van der Waals surface area contributed by atoms with E-state index in [0.717, 1.165) is 17.7 Å². The second-order valence-corrected chi connectivity index (χ2v) is 7.74. The van der Waals surface area contributed by atoms with Gasteiger partial charge in [0.2, 0.25) is 0 Å². The molecule has 2 aromatic rings. The topological polar surface area (TPSA) is 70.1 Å². The van der Waals surface area contributed by atoms with Crippen molar-refractivity contribution >= 4 is 23.1 Å². The summed E-state index contributed by atoms with van der Waals surface area (Å²) in [5.41, 5.74) is 1.51. The number of aliphatic hydroxyl groups excluding tert-OH is 1. The Hall–Kier alpha value is -3.19. The molecule has 1 atom stereocenters. The Morgan fingerprint density at radius 1 is 1.06 bits per heavy atom. The molecule has 0 saturated carbocycles. The summed E-state index contributed by atoms with van der Waals surface area (Å²) in [7, 11) is 0. The first-order chi connectivity index (χ1) is 15.0. The van der Waals surface area contributed by atoms with Crippen LogP contribution < -0.4 is 9.64 Å². The third kappa shape index (κ3) is 4.05. The number of benzene rings is 2. The molecule has 0 bridgehead atoms. The third-order valence-electron chi connectivity index (χ3n) is 5.69. The van der Waals surface area contributed by atoms with Gasteiger partial charge >= 0.3 is 0 Å². The highest BCUT2D eigenvalue weighted by Crippen LogP contribution is 2.37. The van der Waals surface area contributed by atoms with Crippen LogP contribution in [0.2, 0.25) is 0 Å². The summed E-state index contributed by atoms with van der Waals surface area (Å²) in [6.45, 7) is 3.53. The summed E-state index contributed by atoms with van der Waals surface area (Å²) in [6.07, 6.45) is 1.69. The fraction of sp³-hybridized carbons (Fsp3) is 0.333. The number of halogens is 1. The average molecular weight is 424 g/mol. The maximum Gasteiger partial charge on any atom is 0.282 e. The van der Waals surface area contributed by atoms with Crippen molar-refractivity contribution in [3.8, 4) is 5.75 Å². The van der Waals surface area contributed by atoms with E-state index in [-0.39, 0.29) is 18.1 Å². The van der Waals surface area contributed by atoms with E-state index in [1.807, 2.05) is 11.8 Å². The van der Waals surface area contributed by atoms with Crippen LogP contribution in [0.1, 0.15) is 25.3 Å². The number of ether oxygens (including phenoxy) is 1. The van der Waals surface area contributed by atoms with Crippen LogP contribution in [-0.4, -0.2) is 48.1 Å². The zero-order chi connectivity index (χ0) is 22.0. The van der Waals surface area contributed by atoms with Crippen LogP contribution in [0, 0.1) is 11.7 Å². The van der Waals surface area contributed by atoms with Gasteiger partial charge in [-0.3, -0.25) is 9.59 Å². The SMILES string of the molecule is CCOc1ccc(N2C(=O)C(c3ccc(F)cc3)=C(N3CCCC(CO)C3)C2=O)cc1. The quantitative estimate of drug-likeness (QED) is 0.721. The summed E-state index contributed by atoms with van der Waals surface area (Å²) >= 11 is 0. The number of hydrogen-bond donors (Lipinski definition) is 1. The number of imide groups is 1. The van der Waals surface area contributed by atoms with Crippen molar-refractivity contribution in [2.75, 3.05) is 31.2 Å². The lowest BCUT2D eigenvalue weighted by molar-refractivity contribution is -0.120. The molecule has 1 N–H and O–H groups in total. The molecule has 0 spiro atoms. The van der Waals surface area contributed by atoms with Gasteiger partial charge in [-0.15, -0.1) is 0 Å². The highest BCUT2D eigenvalue weighted by atomic mass is 19.1. The molecule has 1 unspecified atom stereocenters. The molecule has 1 saturated heterocycles. The zero-order valence-corrected chi connectivity index (χ0v) is 17.4. The van der Waals surface area contributed by atoms with E-state index in [2.05, 4.69) is 0 Å². The summed E-state index contributed by atoms with van der Waals surface area (Å²) < 4.78 is 19.0. The monoisotopic (exact) mass is 424 g/mol. The first-order valence-electron chi connectivity index (χ1n) is 10.5. The standard InChI is InChI=1S/C24H25FN2O4/c1-2-31-20-11-9-19(10-12-20)27-23(29)21(17-5-7-18(25)8-6-17)22(24(27)30)26-13-3-4-16(14-26)15-28/h5-12,16,28H,2-4,13-15H2,1H3. The number of piperidine rings is 1. The minimum atomic E-state index is -0.443. The van der Waals surface area contributed by atoms with Crippen molar-refractivity contribution in [3.63, 3.8) is 0 Å². The van der Waals surface area contributed by atoms with Gasteiger partial charge in [0.05, 0.1) is 17.9 Å². The Labute approximate surface area is 180 Å². The number of nitrogens with zero attached hydrogens (tertiary/aromatic N) is 2. The minimum Gasteiger partial charge on any atom is -0.494 e. The Balaban J connectivity index is 1.75. The summed E-state index contributed by atoms with van der Waals surface area (Å²) in [5, 5.41) is 9.62. The van der Waals surface area contributed by atoms with Crippen molar-refractivity contribution in [1.29, 1.82) is 0 Å². The van der Waals surface area contributed by atoms with Crippen LogP contribution in [0.5, 0.6) is 5.75 Å². The Morgan fingerprint density at radius 2 is 1.77 bits per heavy atom. The number of aliphatic hydroxyl groups is 1. The van der Waals surface area contributed by atoms with Crippen molar-refractivity contribution in [2.45, 2.75) is 19.8 Å².